The monoisotopic (exact) mass is 368 g/mol. The summed E-state index contributed by atoms with van der Waals surface area (Å²) in [6, 6.07) is 15.7. The summed E-state index contributed by atoms with van der Waals surface area (Å²) < 4.78 is 48.6. The van der Waals surface area contributed by atoms with Crippen molar-refractivity contribution in [2.45, 2.75) is 25.0 Å². The van der Waals surface area contributed by atoms with Gasteiger partial charge in [-0.3, -0.25) is 0 Å². The van der Waals surface area contributed by atoms with Gasteiger partial charge in [-0.1, -0.05) is 60.7 Å². The number of halogens is 3. The normalized spacial score (nSPS) is 11.7. The zero-order valence-electron chi connectivity index (χ0n) is 13.4. The van der Waals surface area contributed by atoms with Gasteiger partial charge in [0.05, 0.1) is 0 Å². The highest BCUT2D eigenvalue weighted by molar-refractivity contribution is 6.04. The molecule has 0 unspecified atom stereocenters. The van der Waals surface area contributed by atoms with Crippen LogP contribution < -0.4 is 0 Å². The molecule has 2 aromatic carbocycles. The number of benzene rings is 2. The van der Waals surface area contributed by atoms with Crippen LogP contribution in [-0.4, -0.2) is 28.8 Å². The summed E-state index contributed by atoms with van der Waals surface area (Å²) >= 11 is 0. The lowest BCUT2D eigenvalue weighted by molar-refractivity contribution is -0.265. The number of carbonyl (C=O) groups is 2. The molecular formula is C18H15F3O5. The van der Waals surface area contributed by atoms with Gasteiger partial charge in [0.2, 0.25) is 0 Å². The van der Waals surface area contributed by atoms with Gasteiger partial charge in [0.25, 0.3) is 0 Å². The van der Waals surface area contributed by atoms with E-state index in [4.69, 9.17) is 0 Å². The Kier molecular flexibility index (Phi) is 5.99. The van der Waals surface area contributed by atoms with Crippen molar-refractivity contribution in [3.8, 4) is 0 Å². The van der Waals surface area contributed by atoms with Crippen molar-refractivity contribution in [1.29, 1.82) is 0 Å². The fourth-order valence-corrected chi connectivity index (χ4v) is 1.97. The highest BCUT2D eigenvalue weighted by Gasteiger charge is 2.68. The third kappa shape index (κ3) is 4.40. The quantitative estimate of drug-likeness (QED) is 0.627. The minimum absolute atomic E-state index is 0.392. The number of hydrogen-bond donors (Lipinski definition) is 1. The van der Waals surface area contributed by atoms with E-state index in [0.717, 1.165) is 0 Å². The molecule has 2 rings (SSSR count). The van der Waals surface area contributed by atoms with Crippen LogP contribution >= 0.6 is 0 Å². The van der Waals surface area contributed by atoms with Gasteiger partial charge in [-0.15, -0.1) is 0 Å². The molecule has 0 spiro atoms. The molecule has 0 amide bonds. The molecule has 0 saturated heterocycles. The highest BCUT2D eigenvalue weighted by atomic mass is 19.4. The lowest BCUT2D eigenvalue weighted by atomic mass is 10.0. The summed E-state index contributed by atoms with van der Waals surface area (Å²) in [4.78, 5) is 23.7. The van der Waals surface area contributed by atoms with Crippen LogP contribution in [0.15, 0.2) is 60.7 Å². The van der Waals surface area contributed by atoms with E-state index in [1.807, 2.05) is 0 Å². The molecule has 0 bridgehead atoms. The van der Waals surface area contributed by atoms with E-state index in [1.165, 1.54) is 24.3 Å². The molecule has 1 N–H and O–H groups in total. The third-order valence-electron chi connectivity index (χ3n) is 3.43. The molecule has 26 heavy (non-hydrogen) atoms. The van der Waals surface area contributed by atoms with Gasteiger partial charge < -0.3 is 14.6 Å². The van der Waals surface area contributed by atoms with Crippen LogP contribution in [0, 0.1) is 0 Å². The maximum absolute atomic E-state index is 13.2. The number of ether oxygens (including phenoxy) is 2. The SMILES string of the molecule is O=C(OCc1ccccc1)C(O)(C(=O)OCc1ccccc1)C(F)(F)F. The molecule has 0 aliphatic heterocycles. The van der Waals surface area contributed by atoms with Crippen LogP contribution in [0.1, 0.15) is 11.1 Å². The second-order valence-electron chi connectivity index (χ2n) is 5.33. The maximum atomic E-state index is 13.2. The number of hydrogen-bond acceptors (Lipinski definition) is 5. The molecule has 8 heteroatoms. The molecule has 0 saturated carbocycles. The Balaban J connectivity index is 2.10. The number of aliphatic hydroxyl groups is 1. The molecular weight excluding hydrogens is 353 g/mol. The average molecular weight is 368 g/mol. The molecule has 138 valence electrons. The zero-order chi connectivity index (χ0) is 19.2. The van der Waals surface area contributed by atoms with Gasteiger partial charge >= 0.3 is 23.7 Å². The first-order chi connectivity index (χ1) is 12.2. The van der Waals surface area contributed by atoms with Crippen molar-refractivity contribution in [3.63, 3.8) is 0 Å². The Morgan fingerprint density at radius 3 is 1.42 bits per heavy atom. The molecule has 0 aliphatic carbocycles. The summed E-state index contributed by atoms with van der Waals surface area (Å²) in [5, 5.41) is 9.77. The predicted octanol–water partition coefficient (Wildman–Crippen LogP) is 2.77. The first-order valence-electron chi connectivity index (χ1n) is 7.46. The second-order valence-corrected chi connectivity index (χ2v) is 5.33. The Morgan fingerprint density at radius 2 is 1.12 bits per heavy atom. The van der Waals surface area contributed by atoms with E-state index in [9.17, 15) is 27.9 Å². The van der Waals surface area contributed by atoms with Crippen LogP contribution in [0.4, 0.5) is 13.2 Å². The number of rotatable bonds is 6. The molecule has 2 aromatic rings. The van der Waals surface area contributed by atoms with E-state index < -0.39 is 36.9 Å². The highest BCUT2D eigenvalue weighted by Crippen LogP contribution is 2.33. The van der Waals surface area contributed by atoms with Crippen molar-refractivity contribution in [2.24, 2.45) is 0 Å². The lowest BCUT2D eigenvalue weighted by Gasteiger charge is -2.26. The van der Waals surface area contributed by atoms with Gasteiger partial charge in [0.1, 0.15) is 13.2 Å². The van der Waals surface area contributed by atoms with Crippen LogP contribution in [-0.2, 0) is 32.3 Å². The molecule has 0 aromatic heterocycles. The summed E-state index contributed by atoms with van der Waals surface area (Å²) in [6.45, 7) is -1.08. The number of carbonyl (C=O) groups excluding carboxylic acids is 2. The fraction of sp³-hybridized carbons (Fsp3) is 0.222. The molecule has 0 heterocycles. The van der Waals surface area contributed by atoms with E-state index in [1.54, 1.807) is 36.4 Å². The summed E-state index contributed by atoms with van der Waals surface area (Å²) in [5.41, 5.74) is -3.62. The van der Waals surface area contributed by atoms with E-state index in [-0.39, 0.29) is 0 Å². The van der Waals surface area contributed by atoms with Crippen molar-refractivity contribution in [1.82, 2.24) is 0 Å². The van der Waals surface area contributed by atoms with E-state index in [2.05, 4.69) is 9.47 Å². The minimum Gasteiger partial charge on any atom is -0.458 e. The van der Waals surface area contributed by atoms with Gasteiger partial charge in [-0.25, -0.2) is 9.59 Å². The van der Waals surface area contributed by atoms with Gasteiger partial charge in [0, 0.05) is 0 Å². The first kappa shape index (κ1) is 19.5. The van der Waals surface area contributed by atoms with Crippen molar-refractivity contribution >= 4 is 11.9 Å². The topological polar surface area (TPSA) is 72.8 Å². The maximum Gasteiger partial charge on any atom is 0.439 e. The Labute approximate surface area is 147 Å². The van der Waals surface area contributed by atoms with Crippen molar-refractivity contribution in [3.05, 3.63) is 71.8 Å². The Hall–Kier alpha value is -2.87. The largest absolute Gasteiger partial charge is 0.458 e. The molecule has 0 radical (unpaired) electrons. The first-order valence-corrected chi connectivity index (χ1v) is 7.46. The standard InChI is InChI=1S/C18H15F3O5/c19-18(20,21)17(24,15(22)25-11-13-7-3-1-4-8-13)16(23)26-12-14-9-5-2-6-10-14/h1-10,24H,11-12H2. The van der Waals surface area contributed by atoms with Crippen molar-refractivity contribution in [2.75, 3.05) is 0 Å². The van der Waals surface area contributed by atoms with Crippen LogP contribution in [0.3, 0.4) is 0 Å². The average Bonchev–Trinajstić information content (AvgIpc) is 2.64. The van der Waals surface area contributed by atoms with Gasteiger partial charge in [0.15, 0.2) is 0 Å². The summed E-state index contributed by atoms with van der Waals surface area (Å²) in [5.74, 6) is -4.29. The third-order valence-corrected chi connectivity index (χ3v) is 3.43. The van der Waals surface area contributed by atoms with Gasteiger partial charge in [-0.2, -0.15) is 13.2 Å². The predicted molar refractivity (Wildman–Crippen MR) is 83.5 cm³/mol. The van der Waals surface area contributed by atoms with E-state index >= 15 is 0 Å². The summed E-state index contributed by atoms with van der Waals surface area (Å²) in [7, 11) is 0. The molecule has 0 aliphatic rings. The van der Waals surface area contributed by atoms with Crippen molar-refractivity contribution < 1.29 is 37.3 Å². The van der Waals surface area contributed by atoms with Crippen LogP contribution in [0.2, 0.25) is 0 Å². The van der Waals surface area contributed by atoms with E-state index in [0.29, 0.717) is 11.1 Å². The fourth-order valence-electron chi connectivity index (χ4n) is 1.97. The molecule has 0 atom stereocenters. The second kappa shape index (κ2) is 8.01. The number of alkyl halides is 3. The zero-order valence-corrected chi connectivity index (χ0v) is 13.4. The lowest BCUT2D eigenvalue weighted by Crippen LogP contribution is -2.59. The molecule has 5 nitrogen and oxygen atoms in total. The summed E-state index contributed by atoms with van der Waals surface area (Å²) in [6.07, 6.45) is -5.60. The Bertz CT molecular complexity index is 689. The molecule has 0 fully saturated rings. The Morgan fingerprint density at radius 1 is 0.769 bits per heavy atom. The smallest absolute Gasteiger partial charge is 0.439 e. The van der Waals surface area contributed by atoms with Crippen LogP contribution in [0.25, 0.3) is 0 Å². The number of esters is 2. The van der Waals surface area contributed by atoms with Gasteiger partial charge in [-0.05, 0) is 11.1 Å². The minimum atomic E-state index is -5.60. The van der Waals surface area contributed by atoms with Crippen LogP contribution in [0.5, 0.6) is 0 Å².